The number of nitrogens with one attached hydrogen (secondary N) is 2. The second-order valence-corrected chi connectivity index (χ2v) is 7.04. The van der Waals surface area contributed by atoms with Crippen LogP contribution in [0, 0.1) is 11.7 Å². The van der Waals surface area contributed by atoms with Gasteiger partial charge >= 0.3 is 0 Å². The molecular weight excluding hydrogens is 351 g/mol. The van der Waals surface area contributed by atoms with Crippen LogP contribution in [0.15, 0.2) is 27.6 Å². The Kier molecular flexibility index (Phi) is 6.09. The number of sulfonamides is 1. The summed E-state index contributed by atoms with van der Waals surface area (Å²) in [7, 11) is -3.78. The second kappa shape index (κ2) is 7.14. The third-order valence-corrected chi connectivity index (χ3v) is 4.54. The average molecular weight is 367 g/mol. The van der Waals surface area contributed by atoms with Crippen LogP contribution in [0.2, 0.25) is 0 Å². The zero-order valence-electron chi connectivity index (χ0n) is 11.1. The maximum absolute atomic E-state index is 13.3. The van der Waals surface area contributed by atoms with E-state index in [1.807, 2.05) is 0 Å². The van der Waals surface area contributed by atoms with Crippen molar-refractivity contribution >= 4 is 31.9 Å². The topological polar surface area (TPSA) is 75.3 Å². The molecule has 0 spiro atoms. The van der Waals surface area contributed by atoms with E-state index in [1.54, 1.807) is 13.8 Å². The van der Waals surface area contributed by atoms with Crippen LogP contribution in [0.25, 0.3) is 0 Å². The van der Waals surface area contributed by atoms with E-state index < -0.39 is 15.8 Å². The molecule has 0 saturated carbocycles. The number of halogens is 2. The molecular formula is C12H16BrFN2O3S. The first kappa shape index (κ1) is 17.1. The smallest absolute Gasteiger partial charge is 0.240 e. The minimum Gasteiger partial charge on any atom is -0.355 e. The lowest BCUT2D eigenvalue weighted by Crippen LogP contribution is -2.36. The Morgan fingerprint density at radius 3 is 2.55 bits per heavy atom. The van der Waals surface area contributed by atoms with Crippen molar-refractivity contribution in [2.45, 2.75) is 18.7 Å². The van der Waals surface area contributed by atoms with Crippen LogP contribution in [0.4, 0.5) is 4.39 Å². The summed E-state index contributed by atoms with van der Waals surface area (Å²) in [6.45, 7) is 3.70. The third-order valence-electron chi connectivity index (χ3n) is 2.44. The molecule has 1 rings (SSSR count). The van der Waals surface area contributed by atoms with Gasteiger partial charge in [-0.15, -0.1) is 0 Å². The predicted octanol–water partition coefficient (Wildman–Crippen LogP) is 1.64. The zero-order valence-corrected chi connectivity index (χ0v) is 13.5. The predicted molar refractivity (Wildman–Crippen MR) is 77.1 cm³/mol. The number of carbonyl (C=O) groups excluding carboxylic acids is 1. The summed E-state index contributed by atoms with van der Waals surface area (Å²) in [5, 5.41) is 2.58. The summed E-state index contributed by atoms with van der Waals surface area (Å²) in [6, 6.07) is 3.55. The van der Waals surface area contributed by atoms with E-state index in [1.165, 1.54) is 12.1 Å². The van der Waals surface area contributed by atoms with Gasteiger partial charge in [0.1, 0.15) is 5.82 Å². The Hall–Kier alpha value is -0.990. The highest BCUT2D eigenvalue weighted by molar-refractivity contribution is 9.10. The standard InChI is InChI=1S/C12H16BrFN2O3S/c1-8(2)12(17)15-5-6-16-20(18,19)9-3-4-10(13)11(14)7-9/h3-4,7-8,16H,5-6H2,1-2H3,(H,15,17). The van der Waals surface area contributed by atoms with Crippen molar-refractivity contribution in [2.24, 2.45) is 5.92 Å². The van der Waals surface area contributed by atoms with Crippen LogP contribution in [-0.2, 0) is 14.8 Å². The Balaban J connectivity index is 2.58. The Morgan fingerprint density at radius 1 is 1.35 bits per heavy atom. The van der Waals surface area contributed by atoms with Crippen LogP contribution in [-0.4, -0.2) is 27.4 Å². The van der Waals surface area contributed by atoms with Crippen molar-refractivity contribution in [3.05, 3.63) is 28.5 Å². The molecule has 0 saturated heterocycles. The molecule has 1 aromatic carbocycles. The average Bonchev–Trinajstić information content (AvgIpc) is 2.37. The van der Waals surface area contributed by atoms with Gasteiger partial charge in [-0.2, -0.15) is 0 Å². The molecule has 0 aliphatic rings. The van der Waals surface area contributed by atoms with Gasteiger partial charge in [-0.05, 0) is 34.1 Å². The largest absolute Gasteiger partial charge is 0.355 e. The lowest BCUT2D eigenvalue weighted by molar-refractivity contribution is -0.123. The number of carbonyl (C=O) groups is 1. The minimum absolute atomic E-state index is 0.0402. The molecule has 0 radical (unpaired) electrons. The van der Waals surface area contributed by atoms with Gasteiger partial charge in [0.25, 0.3) is 0 Å². The summed E-state index contributed by atoms with van der Waals surface area (Å²) >= 11 is 2.95. The summed E-state index contributed by atoms with van der Waals surface area (Å²) in [5.74, 6) is -0.966. The van der Waals surface area contributed by atoms with E-state index in [0.29, 0.717) is 0 Å². The summed E-state index contributed by atoms with van der Waals surface area (Å²) in [5.41, 5.74) is 0. The van der Waals surface area contributed by atoms with Crippen molar-refractivity contribution in [1.82, 2.24) is 10.0 Å². The van der Waals surface area contributed by atoms with Gasteiger partial charge < -0.3 is 5.32 Å². The van der Waals surface area contributed by atoms with Crippen molar-refractivity contribution in [3.63, 3.8) is 0 Å². The lowest BCUT2D eigenvalue weighted by Gasteiger charge is -2.09. The van der Waals surface area contributed by atoms with Gasteiger partial charge in [0.05, 0.1) is 9.37 Å². The van der Waals surface area contributed by atoms with E-state index in [0.717, 1.165) is 6.07 Å². The molecule has 1 amide bonds. The van der Waals surface area contributed by atoms with Crippen LogP contribution < -0.4 is 10.0 Å². The zero-order chi connectivity index (χ0) is 15.3. The highest BCUT2D eigenvalue weighted by atomic mass is 79.9. The normalized spacial score (nSPS) is 11.7. The fraction of sp³-hybridized carbons (Fsp3) is 0.417. The monoisotopic (exact) mass is 366 g/mol. The van der Waals surface area contributed by atoms with E-state index in [4.69, 9.17) is 0 Å². The molecule has 1 aromatic rings. The number of hydrogen-bond acceptors (Lipinski definition) is 3. The van der Waals surface area contributed by atoms with Gasteiger partial charge in [0, 0.05) is 19.0 Å². The molecule has 0 aliphatic heterocycles. The molecule has 0 bridgehead atoms. The Morgan fingerprint density at radius 2 is 2.00 bits per heavy atom. The molecule has 8 heteroatoms. The molecule has 2 N–H and O–H groups in total. The first-order chi connectivity index (χ1) is 9.24. The Bertz CT molecular complexity index is 590. The molecule has 0 heterocycles. The van der Waals surface area contributed by atoms with Gasteiger partial charge in [-0.1, -0.05) is 13.8 Å². The number of hydrogen-bond donors (Lipinski definition) is 2. The quantitative estimate of drug-likeness (QED) is 0.751. The van der Waals surface area contributed by atoms with E-state index in [2.05, 4.69) is 26.0 Å². The summed E-state index contributed by atoms with van der Waals surface area (Å²) in [4.78, 5) is 11.1. The molecule has 0 unspecified atom stereocenters. The molecule has 0 aliphatic carbocycles. The molecule has 0 atom stereocenters. The van der Waals surface area contributed by atoms with Gasteiger partial charge in [-0.25, -0.2) is 17.5 Å². The van der Waals surface area contributed by atoms with Gasteiger partial charge in [-0.3, -0.25) is 4.79 Å². The highest BCUT2D eigenvalue weighted by Crippen LogP contribution is 2.19. The van der Waals surface area contributed by atoms with E-state index in [-0.39, 0.29) is 34.3 Å². The minimum atomic E-state index is -3.78. The molecule has 0 aromatic heterocycles. The lowest BCUT2D eigenvalue weighted by atomic mass is 10.2. The molecule has 112 valence electrons. The van der Waals surface area contributed by atoms with E-state index in [9.17, 15) is 17.6 Å². The first-order valence-electron chi connectivity index (χ1n) is 5.96. The van der Waals surface area contributed by atoms with Crippen LogP contribution in [0.5, 0.6) is 0 Å². The number of rotatable bonds is 6. The fourth-order valence-corrected chi connectivity index (χ4v) is 2.59. The Labute approximate surface area is 126 Å². The molecule has 5 nitrogen and oxygen atoms in total. The summed E-state index contributed by atoms with van der Waals surface area (Å²) in [6.07, 6.45) is 0. The molecule has 0 fully saturated rings. The van der Waals surface area contributed by atoms with Gasteiger partial charge in [0.2, 0.25) is 15.9 Å². The van der Waals surface area contributed by atoms with Crippen LogP contribution in [0.1, 0.15) is 13.8 Å². The number of amides is 1. The summed E-state index contributed by atoms with van der Waals surface area (Å²) < 4.78 is 39.5. The number of benzene rings is 1. The maximum Gasteiger partial charge on any atom is 0.240 e. The highest BCUT2D eigenvalue weighted by Gasteiger charge is 2.15. The second-order valence-electron chi connectivity index (χ2n) is 4.42. The van der Waals surface area contributed by atoms with Gasteiger partial charge in [0.15, 0.2) is 0 Å². The van der Waals surface area contributed by atoms with E-state index >= 15 is 0 Å². The van der Waals surface area contributed by atoms with Crippen LogP contribution in [0.3, 0.4) is 0 Å². The molecule has 20 heavy (non-hydrogen) atoms. The van der Waals surface area contributed by atoms with Crippen molar-refractivity contribution in [1.29, 1.82) is 0 Å². The van der Waals surface area contributed by atoms with Crippen molar-refractivity contribution < 1.29 is 17.6 Å². The third kappa shape index (κ3) is 4.84. The SMILES string of the molecule is CC(C)C(=O)NCCNS(=O)(=O)c1ccc(Br)c(F)c1. The van der Waals surface area contributed by atoms with Crippen LogP contribution >= 0.6 is 15.9 Å². The fourth-order valence-electron chi connectivity index (χ4n) is 1.30. The first-order valence-corrected chi connectivity index (χ1v) is 8.24. The van der Waals surface area contributed by atoms with Crippen molar-refractivity contribution in [2.75, 3.05) is 13.1 Å². The maximum atomic E-state index is 13.3. The van der Waals surface area contributed by atoms with Crippen molar-refractivity contribution in [3.8, 4) is 0 Å².